The lowest BCUT2D eigenvalue weighted by atomic mass is 10.4. The van der Waals surface area contributed by atoms with E-state index in [0.717, 1.165) is 5.69 Å². The van der Waals surface area contributed by atoms with E-state index in [4.69, 9.17) is 16.0 Å². The monoisotopic (exact) mass is 168 g/mol. The Kier molecular flexibility index (Phi) is 1.32. The topological polar surface area (TPSA) is 38.9 Å². The molecule has 0 amide bonds. The van der Waals surface area contributed by atoms with Crippen LogP contribution >= 0.6 is 11.6 Å². The summed E-state index contributed by atoms with van der Waals surface area (Å²) in [7, 11) is 0. The molecule has 0 aliphatic rings. The van der Waals surface area contributed by atoms with E-state index in [1.165, 1.54) is 0 Å². The first-order valence-electron chi connectivity index (χ1n) is 3.15. The Balaban J connectivity index is 2.82. The summed E-state index contributed by atoms with van der Waals surface area (Å²) < 4.78 is 5.01. The maximum absolute atomic E-state index is 5.52. The van der Waals surface area contributed by atoms with Gasteiger partial charge in [-0.15, -0.1) is 0 Å². The molecule has 0 saturated carbocycles. The van der Waals surface area contributed by atoms with Crippen molar-refractivity contribution >= 4 is 22.8 Å². The minimum atomic E-state index is 0.137. The lowest BCUT2D eigenvalue weighted by Gasteiger charge is -1.86. The van der Waals surface area contributed by atoms with Crippen molar-refractivity contribution in [1.29, 1.82) is 0 Å². The largest absolute Gasteiger partial charge is 0.426 e. The molecule has 2 aromatic rings. The molecule has 2 aromatic heterocycles. The number of hydrogen-bond donors (Lipinski definition) is 0. The lowest BCUT2D eigenvalue weighted by molar-refractivity contribution is 0.604. The summed E-state index contributed by atoms with van der Waals surface area (Å²) >= 11 is 5.52. The van der Waals surface area contributed by atoms with E-state index in [0.29, 0.717) is 11.2 Å². The molecule has 0 radical (unpaired) electrons. The van der Waals surface area contributed by atoms with Gasteiger partial charge in [-0.25, -0.2) is 4.98 Å². The lowest BCUT2D eigenvalue weighted by Crippen LogP contribution is -1.79. The molecule has 0 unspecified atom stereocenters. The van der Waals surface area contributed by atoms with Crippen molar-refractivity contribution in [2.45, 2.75) is 6.92 Å². The first-order valence-corrected chi connectivity index (χ1v) is 3.53. The molecule has 0 aliphatic heterocycles. The fourth-order valence-corrected chi connectivity index (χ4v) is 1.05. The molecule has 0 atom stereocenters. The van der Waals surface area contributed by atoms with Gasteiger partial charge in [0, 0.05) is 5.69 Å². The van der Waals surface area contributed by atoms with Gasteiger partial charge in [0.2, 0.25) is 0 Å². The van der Waals surface area contributed by atoms with E-state index in [-0.39, 0.29) is 5.35 Å². The number of aryl methyl sites for hydroxylation is 1. The molecule has 0 saturated heterocycles. The zero-order valence-corrected chi connectivity index (χ0v) is 6.59. The molecule has 2 rings (SSSR count). The van der Waals surface area contributed by atoms with Gasteiger partial charge in [-0.2, -0.15) is 4.98 Å². The molecule has 3 nitrogen and oxygen atoms in total. The van der Waals surface area contributed by atoms with Crippen LogP contribution in [0.4, 0.5) is 0 Å². The summed E-state index contributed by atoms with van der Waals surface area (Å²) in [5, 5.41) is 0.137. The third kappa shape index (κ3) is 1.07. The quantitative estimate of drug-likeness (QED) is 0.605. The van der Waals surface area contributed by atoms with E-state index >= 15 is 0 Å². The Morgan fingerprint density at radius 3 is 3.00 bits per heavy atom. The molecule has 0 N–H and O–H groups in total. The van der Waals surface area contributed by atoms with Gasteiger partial charge in [-0.3, -0.25) is 0 Å². The van der Waals surface area contributed by atoms with Gasteiger partial charge in [0.15, 0.2) is 11.2 Å². The van der Waals surface area contributed by atoms with Crippen LogP contribution in [0.25, 0.3) is 11.2 Å². The Labute approximate surface area is 68.0 Å². The number of hydrogen-bond acceptors (Lipinski definition) is 3. The minimum absolute atomic E-state index is 0.137. The summed E-state index contributed by atoms with van der Waals surface area (Å²) in [5.41, 5.74) is 2.10. The van der Waals surface area contributed by atoms with Crippen molar-refractivity contribution < 1.29 is 4.42 Å². The van der Waals surface area contributed by atoms with Crippen LogP contribution in [0.15, 0.2) is 16.5 Å². The smallest absolute Gasteiger partial charge is 0.294 e. The second-order valence-electron chi connectivity index (χ2n) is 2.24. The number of rotatable bonds is 0. The minimum Gasteiger partial charge on any atom is -0.426 e. The molecule has 56 valence electrons. The molecule has 2 heterocycles. The number of pyridine rings is 1. The molecule has 0 aliphatic carbocycles. The molecule has 0 aromatic carbocycles. The van der Waals surface area contributed by atoms with E-state index in [9.17, 15) is 0 Å². The van der Waals surface area contributed by atoms with Crippen LogP contribution in [-0.2, 0) is 0 Å². The number of nitrogens with zero attached hydrogens (tertiary/aromatic N) is 2. The first kappa shape index (κ1) is 6.61. The summed E-state index contributed by atoms with van der Waals surface area (Å²) in [5.74, 6) is 0. The average molecular weight is 169 g/mol. The fraction of sp³-hybridized carbons (Fsp3) is 0.143. The number of oxazole rings is 1. The Morgan fingerprint density at radius 2 is 2.18 bits per heavy atom. The van der Waals surface area contributed by atoms with E-state index < -0.39 is 0 Å². The van der Waals surface area contributed by atoms with E-state index in [1.807, 2.05) is 13.0 Å². The van der Waals surface area contributed by atoms with Gasteiger partial charge < -0.3 is 4.42 Å². The standard InChI is InChI=1S/C7H5ClN2O/c1-4-2-3-5-6(9-4)10-7(8)11-5/h2-3H,1H3. The second kappa shape index (κ2) is 2.20. The van der Waals surface area contributed by atoms with Crippen molar-refractivity contribution in [2.24, 2.45) is 0 Å². The summed E-state index contributed by atoms with van der Waals surface area (Å²) in [6.07, 6.45) is 0. The average Bonchev–Trinajstić information content (AvgIpc) is 2.27. The van der Waals surface area contributed by atoms with Crippen LogP contribution < -0.4 is 0 Å². The van der Waals surface area contributed by atoms with Gasteiger partial charge in [0.1, 0.15) is 0 Å². The third-order valence-electron chi connectivity index (χ3n) is 1.37. The molecular formula is C7H5ClN2O. The first-order chi connectivity index (χ1) is 5.25. The molecule has 4 heteroatoms. The van der Waals surface area contributed by atoms with Gasteiger partial charge in [-0.05, 0) is 30.7 Å². The van der Waals surface area contributed by atoms with E-state index in [2.05, 4.69) is 9.97 Å². The predicted octanol–water partition coefficient (Wildman–Crippen LogP) is 2.18. The molecule has 0 fully saturated rings. The van der Waals surface area contributed by atoms with Crippen LogP contribution in [0.1, 0.15) is 5.69 Å². The normalized spacial score (nSPS) is 10.7. The van der Waals surface area contributed by atoms with Crippen LogP contribution in [0.3, 0.4) is 0 Å². The molecule has 0 bridgehead atoms. The molecule has 11 heavy (non-hydrogen) atoms. The van der Waals surface area contributed by atoms with Crippen molar-refractivity contribution in [1.82, 2.24) is 9.97 Å². The summed E-state index contributed by atoms with van der Waals surface area (Å²) in [4.78, 5) is 7.97. The predicted molar refractivity (Wildman–Crippen MR) is 41.6 cm³/mol. The zero-order valence-electron chi connectivity index (χ0n) is 5.84. The van der Waals surface area contributed by atoms with Crippen LogP contribution in [0.2, 0.25) is 5.35 Å². The van der Waals surface area contributed by atoms with Crippen molar-refractivity contribution in [3.8, 4) is 0 Å². The zero-order chi connectivity index (χ0) is 7.84. The van der Waals surface area contributed by atoms with Gasteiger partial charge in [-0.1, -0.05) is 0 Å². The Morgan fingerprint density at radius 1 is 1.36 bits per heavy atom. The molecule has 0 spiro atoms. The van der Waals surface area contributed by atoms with E-state index in [1.54, 1.807) is 6.07 Å². The van der Waals surface area contributed by atoms with Crippen molar-refractivity contribution in [2.75, 3.05) is 0 Å². The highest BCUT2D eigenvalue weighted by atomic mass is 35.5. The highest BCUT2D eigenvalue weighted by molar-refractivity contribution is 6.28. The van der Waals surface area contributed by atoms with Crippen LogP contribution in [-0.4, -0.2) is 9.97 Å². The summed E-state index contributed by atoms with van der Waals surface area (Å²) in [6, 6.07) is 3.65. The Hall–Kier alpha value is -1.09. The second-order valence-corrected chi connectivity index (χ2v) is 2.56. The highest BCUT2D eigenvalue weighted by Gasteiger charge is 2.02. The highest BCUT2D eigenvalue weighted by Crippen LogP contribution is 2.16. The van der Waals surface area contributed by atoms with Gasteiger partial charge >= 0.3 is 0 Å². The number of halogens is 1. The number of aromatic nitrogens is 2. The van der Waals surface area contributed by atoms with Crippen LogP contribution in [0, 0.1) is 6.92 Å². The third-order valence-corrected chi connectivity index (χ3v) is 1.53. The maximum atomic E-state index is 5.52. The molecular weight excluding hydrogens is 164 g/mol. The van der Waals surface area contributed by atoms with Crippen molar-refractivity contribution in [3.63, 3.8) is 0 Å². The fourth-order valence-electron chi connectivity index (χ4n) is 0.887. The Bertz CT molecular complexity index is 396. The van der Waals surface area contributed by atoms with Crippen LogP contribution in [0.5, 0.6) is 0 Å². The number of fused-ring (bicyclic) bond motifs is 1. The summed E-state index contributed by atoms with van der Waals surface area (Å²) in [6.45, 7) is 1.89. The van der Waals surface area contributed by atoms with Gasteiger partial charge in [0.05, 0.1) is 0 Å². The van der Waals surface area contributed by atoms with Crippen molar-refractivity contribution in [3.05, 3.63) is 23.2 Å². The SMILES string of the molecule is Cc1ccc2oc(Cl)nc2n1. The maximum Gasteiger partial charge on any atom is 0.294 e. The van der Waals surface area contributed by atoms with Gasteiger partial charge in [0.25, 0.3) is 5.35 Å².